The quantitative estimate of drug-likeness (QED) is 0.459. The Labute approximate surface area is 130 Å². The van der Waals surface area contributed by atoms with Crippen molar-refractivity contribution in [2.24, 2.45) is 9.98 Å². The van der Waals surface area contributed by atoms with Gasteiger partial charge >= 0.3 is 6.18 Å². The number of aryl methyl sites for hydroxylation is 1. The van der Waals surface area contributed by atoms with Crippen LogP contribution < -0.4 is 0 Å². The first-order valence-corrected chi connectivity index (χ1v) is 6.68. The van der Waals surface area contributed by atoms with Gasteiger partial charge in [-0.3, -0.25) is 4.99 Å². The summed E-state index contributed by atoms with van der Waals surface area (Å²) >= 11 is 0. The lowest BCUT2D eigenvalue weighted by molar-refractivity contribution is -0.121. The maximum Gasteiger partial charge on any atom is 0.394 e. The van der Waals surface area contributed by atoms with Gasteiger partial charge in [-0.15, -0.1) is 0 Å². The summed E-state index contributed by atoms with van der Waals surface area (Å²) in [5.41, 5.74) is 2.43. The highest BCUT2D eigenvalue weighted by atomic mass is 19.4. The van der Waals surface area contributed by atoms with Gasteiger partial charge < -0.3 is 0 Å². The summed E-state index contributed by atoms with van der Waals surface area (Å²) in [4.78, 5) is 8.13. The first-order valence-electron chi connectivity index (χ1n) is 6.68. The van der Waals surface area contributed by atoms with E-state index in [0.717, 1.165) is 17.5 Å². The van der Waals surface area contributed by atoms with E-state index in [1.54, 1.807) is 12.5 Å². The predicted molar refractivity (Wildman–Crippen MR) is 84.5 cm³/mol. The van der Waals surface area contributed by atoms with Gasteiger partial charge in [-0.2, -0.15) is 13.2 Å². The van der Waals surface area contributed by atoms with E-state index in [9.17, 15) is 13.2 Å². The third-order valence-corrected chi connectivity index (χ3v) is 3.11. The molecule has 0 aromatic heterocycles. The number of hydrogen-bond donors (Lipinski definition) is 0. The minimum Gasteiger partial charge on any atom is -0.270 e. The SMILES string of the molecule is CCc1ccc(C(N=C(CC(F)(F)F)C2=C[CH]2)=NC)cc1.[B]. The molecule has 0 saturated carbocycles. The van der Waals surface area contributed by atoms with E-state index in [1.807, 2.05) is 31.2 Å². The number of amidine groups is 1. The lowest BCUT2D eigenvalue weighted by Gasteiger charge is -2.09. The topological polar surface area (TPSA) is 24.7 Å². The van der Waals surface area contributed by atoms with Crippen molar-refractivity contribution in [3.8, 4) is 0 Å². The van der Waals surface area contributed by atoms with Crippen molar-refractivity contribution in [3.05, 3.63) is 53.5 Å². The van der Waals surface area contributed by atoms with Crippen LogP contribution in [0.15, 0.2) is 45.9 Å². The first kappa shape index (κ1) is 18.2. The Hall–Kier alpha value is -1.85. The summed E-state index contributed by atoms with van der Waals surface area (Å²) in [6, 6.07) is 7.53. The molecule has 0 saturated heterocycles. The largest absolute Gasteiger partial charge is 0.394 e. The molecule has 1 aliphatic rings. The first-order chi connectivity index (χ1) is 9.93. The van der Waals surface area contributed by atoms with Crippen LogP contribution in [0.25, 0.3) is 0 Å². The third kappa shape index (κ3) is 5.17. The minimum atomic E-state index is -4.28. The van der Waals surface area contributed by atoms with E-state index < -0.39 is 12.6 Å². The standard InChI is InChI=1S/C16H16F3N2.B/c1-3-11-4-6-13(7-5-11)15(20-2)21-14(12-8-9-12)10-16(17,18)19;/h4-9H,3,10H2,1-2H3;. The molecular formula is C16H16BF3N2. The Morgan fingerprint density at radius 1 is 1.14 bits per heavy atom. The molecule has 0 heterocycles. The van der Waals surface area contributed by atoms with Crippen LogP contribution in [0, 0.1) is 6.42 Å². The van der Waals surface area contributed by atoms with Gasteiger partial charge in [0.15, 0.2) is 5.84 Å². The summed E-state index contributed by atoms with van der Waals surface area (Å²) in [6.07, 6.45) is -1.16. The van der Waals surface area contributed by atoms with Crippen LogP contribution in [0.5, 0.6) is 0 Å². The monoisotopic (exact) mass is 304 g/mol. The van der Waals surface area contributed by atoms with Crippen LogP contribution in [-0.2, 0) is 6.42 Å². The molecule has 0 aliphatic heterocycles. The van der Waals surface area contributed by atoms with E-state index in [2.05, 4.69) is 9.98 Å². The van der Waals surface area contributed by atoms with Crippen molar-refractivity contribution in [3.63, 3.8) is 0 Å². The van der Waals surface area contributed by atoms with Crippen molar-refractivity contribution in [1.29, 1.82) is 0 Å². The molecule has 6 heteroatoms. The summed E-state index contributed by atoms with van der Waals surface area (Å²) in [5, 5.41) is 0. The van der Waals surface area contributed by atoms with Crippen molar-refractivity contribution >= 4 is 20.0 Å². The zero-order valence-electron chi connectivity index (χ0n) is 12.5. The van der Waals surface area contributed by atoms with E-state index in [1.165, 1.54) is 7.05 Å². The molecular weight excluding hydrogens is 288 g/mol. The maximum atomic E-state index is 12.6. The molecule has 0 atom stereocenters. The maximum absolute atomic E-state index is 12.6. The Kier molecular flexibility index (Phi) is 6.15. The molecule has 114 valence electrons. The molecule has 0 fully saturated rings. The van der Waals surface area contributed by atoms with Gasteiger partial charge in [0.05, 0.1) is 12.1 Å². The molecule has 22 heavy (non-hydrogen) atoms. The van der Waals surface area contributed by atoms with Gasteiger partial charge in [-0.25, -0.2) is 4.99 Å². The average molecular weight is 304 g/mol. The Balaban J connectivity index is 0.00000242. The number of alkyl halides is 3. The van der Waals surface area contributed by atoms with Crippen molar-refractivity contribution in [2.75, 3.05) is 7.05 Å². The summed E-state index contributed by atoms with van der Waals surface area (Å²) in [7, 11) is 1.53. The molecule has 2 nitrogen and oxygen atoms in total. The molecule has 1 aromatic rings. The smallest absolute Gasteiger partial charge is 0.270 e. The van der Waals surface area contributed by atoms with Crippen LogP contribution in [0.3, 0.4) is 0 Å². The minimum absolute atomic E-state index is 0. The molecule has 0 unspecified atom stereocenters. The third-order valence-electron chi connectivity index (χ3n) is 3.11. The molecule has 1 aromatic carbocycles. The summed E-state index contributed by atoms with van der Waals surface area (Å²) in [6.45, 7) is 2.04. The Morgan fingerprint density at radius 3 is 2.14 bits per heavy atom. The van der Waals surface area contributed by atoms with Crippen molar-refractivity contribution < 1.29 is 13.2 Å². The second kappa shape index (κ2) is 7.43. The highest BCUT2D eigenvalue weighted by molar-refractivity contribution is 6.15. The van der Waals surface area contributed by atoms with Crippen LogP contribution in [0.2, 0.25) is 0 Å². The second-order valence-corrected chi connectivity index (χ2v) is 4.74. The second-order valence-electron chi connectivity index (χ2n) is 4.74. The highest BCUT2D eigenvalue weighted by Gasteiger charge is 2.33. The number of hydrogen-bond acceptors (Lipinski definition) is 1. The Morgan fingerprint density at radius 2 is 1.73 bits per heavy atom. The Bertz CT molecular complexity index is 599. The molecule has 4 radical (unpaired) electrons. The van der Waals surface area contributed by atoms with Crippen LogP contribution in [0.4, 0.5) is 13.2 Å². The number of aliphatic imine (C=N–C) groups is 2. The summed E-state index contributed by atoms with van der Waals surface area (Å²) in [5.74, 6) is 0.318. The van der Waals surface area contributed by atoms with E-state index in [-0.39, 0.29) is 14.1 Å². The molecule has 0 amide bonds. The zero-order chi connectivity index (χ0) is 15.5. The number of benzene rings is 1. The highest BCUT2D eigenvalue weighted by Crippen LogP contribution is 2.28. The van der Waals surface area contributed by atoms with Crippen LogP contribution >= 0.6 is 0 Å². The van der Waals surface area contributed by atoms with Gasteiger partial charge in [0.2, 0.25) is 0 Å². The number of nitrogens with zero attached hydrogens (tertiary/aromatic N) is 2. The fourth-order valence-electron chi connectivity index (χ4n) is 1.89. The fraction of sp³-hybridized carbons (Fsp3) is 0.312. The lowest BCUT2D eigenvalue weighted by atomic mass is 10.1. The number of halogens is 3. The van der Waals surface area contributed by atoms with Crippen molar-refractivity contribution in [1.82, 2.24) is 0 Å². The van der Waals surface area contributed by atoms with Gasteiger partial charge in [-0.1, -0.05) is 37.3 Å². The van der Waals surface area contributed by atoms with E-state index in [0.29, 0.717) is 11.4 Å². The summed E-state index contributed by atoms with van der Waals surface area (Å²) < 4.78 is 37.8. The van der Waals surface area contributed by atoms with Gasteiger partial charge in [0, 0.05) is 27.4 Å². The average Bonchev–Trinajstić information content (AvgIpc) is 3.27. The zero-order valence-corrected chi connectivity index (χ0v) is 12.5. The van der Waals surface area contributed by atoms with Gasteiger partial charge in [0.25, 0.3) is 0 Å². The van der Waals surface area contributed by atoms with Gasteiger partial charge in [0.1, 0.15) is 0 Å². The predicted octanol–water partition coefficient (Wildman–Crippen LogP) is 3.78. The normalized spacial score (nSPS) is 15.2. The molecule has 0 N–H and O–H groups in total. The molecule has 1 aliphatic carbocycles. The lowest BCUT2D eigenvalue weighted by Crippen LogP contribution is -2.16. The van der Waals surface area contributed by atoms with E-state index in [4.69, 9.17) is 0 Å². The van der Waals surface area contributed by atoms with Crippen LogP contribution in [0.1, 0.15) is 24.5 Å². The number of allylic oxidation sites excluding steroid dienone is 2. The molecule has 0 spiro atoms. The molecule has 0 bridgehead atoms. The number of rotatable bonds is 4. The molecule has 2 rings (SSSR count). The van der Waals surface area contributed by atoms with Crippen molar-refractivity contribution in [2.45, 2.75) is 25.9 Å². The van der Waals surface area contributed by atoms with E-state index >= 15 is 0 Å². The fourth-order valence-corrected chi connectivity index (χ4v) is 1.89. The van der Waals surface area contributed by atoms with Crippen LogP contribution in [-0.4, -0.2) is 33.2 Å². The van der Waals surface area contributed by atoms with Gasteiger partial charge in [-0.05, 0) is 17.6 Å².